The highest BCUT2D eigenvalue weighted by Crippen LogP contribution is 2.43. The van der Waals surface area contributed by atoms with Gasteiger partial charge in [-0.3, -0.25) is 23.4 Å². The number of epoxide rings is 1. The van der Waals surface area contributed by atoms with Gasteiger partial charge in [-0.2, -0.15) is 0 Å². The van der Waals surface area contributed by atoms with Crippen LogP contribution in [-0.4, -0.2) is 72.1 Å². The maximum Gasteiger partial charge on any atom is 0.472 e. The molecule has 0 aliphatic carbocycles. The van der Waals surface area contributed by atoms with Gasteiger partial charge < -0.3 is 29.9 Å². The number of aliphatic carboxylic acids is 1. The Morgan fingerprint density at radius 1 is 0.706 bits per heavy atom. The molecule has 12 nitrogen and oxygen atoms in total. The average Bonchev–Trinajstić information content (AvgIpc) is 3.86. The Balaban J connectivity index is 2.32. The van der Waals surface area contributed by atoms with E-state index in [2.05, 4.69) is 42.7 Å². The molecule has 13 heteroatoms. The number of ether oxygens (including phenoxy) is 3. The highest BCUT2D eigenvalue weighted by Gasteiger charge is 2.36. The standard InChI is InChI=1S/C38H68NO11P/c1-3-5-7-9-11-12-13-14-15-19-24-28-37(41)49-32(30-47-51(44,45)48-31-33(39)38(42)43)29-46-36(40)27-23-20-16-18-22-26-35-34(50-35)25-21-17-10-8-6-4-2/h9,11,17,21,32-35H,3-8,10,12-16,18-20,22-31,39H2,1-2H3,(H,42,43)(H,44,45)/b11-9-,21-17-/t32-,33+,34?,35?/m1/s1. The van der Waals surface area contributed by atoms with Crippen molar-refractivity contribution in [3.05, 3.63) is 24.3 Å². The number of hydrogen-bond donors (Lipinski definition) is 3. The molecule has 0 aromatic carbocycles. The number of phosphoric ester groups is 1. The van der Waals surface area contributed by atoms with Gasteiger partial charge in [-0.1, -0.05) is 109 Å². The largest absolute Gasteiger partial charge is 0.480 e. The van der Waals surface area contributed by atoms with Crippen LogP contribution in [0.25, 0.3) is 0 Å². The monoisotopic (exact) mass is 745 g/mol. The van der Waals surface area contributed by atoms with E-state index in [1.54, 1.807) is 0 Å². The molecule has 3 unspecified atom stereocenters. The fourth-order valence-electron chi connectivity index (χ4n) is 5.34. The second kappa shape index (κ2) is 30.4. The first-order chi connectivity index (χ1) is 24.6. The Morgan fingerprint density at radius 3 is 1.92 bits per heavy atom. The third-order valence-electron chi connectivity index (χ3n) is 8.60. The van der Waals surface area contributed by atoms with E-state index in [9.17, 15) is 23.8 Å². The van der Waals surface area contributed by atoms with Crippen LogP contribution in [-0.2, 0) is 42.2 Å². The van der Waals surface area contributed by atoms with Crippen LogP contribution in [0.4, 0.5) is 0 Å². The van der Waals surface area contributed by atoms with Crippen molar-refractivity contribution >= 4 is 25.7 Å². The molecule has 0 radical (unpaired) electrons. The smallest absolute Gasteiger partial charge is 0.472 e. The van der Waals surface area contributed by atoms with Crippen LogP contribution in [0.1, 0.15) is 155 Å². The highest BCUT2D eigenvalue weighted by molar-refractivity contribution is 7.47. The van der Waals surface area contributed by atoms with Gasteiger partial charge >= 0.3 is 25.7 Å². The Hall–Kier alpha value is -2.08. The number of carboxylic acids is 1. The maximum atomic E-state index is 12.5. The first kappa shape index (κ1) is 46.9. The van der Waals surface area contributed by atoms with E-state index >= 15 is 0 Å². The number of carbonyl (C=O) groups excluding carboxylic acids is 2. The molecule has 1 aliphatic rings. The van der Waals surface area contributed by atoms with Crippen LogP contribution >= 0.6 is 7.82 Å². The molecule has 0 spiro atoms. The normalized spacial score (nSPS) is 18.1. The van der Waals surface area contributed by atoms with Gasteiger partial charge in [0, 0.05) is 12.8 Å². The van der Waals surface area contributed by atoms with E-state index in [-0.39, 0.29) is 19.4 Å². The van der Waals surface area contributed by atoms with Gasteiger partial charge in [0.25, 0.3) is 0 Å². The van der Waals surface area contributed by atoms with Gasteiger partial charge in [0.15, 0.2) is 6.10 Å². The molecule has 0 aromatic heterocycles. The summed E-state index contributed by atoms with van der Waals surface area (Å²) >= 11 is 0. The summed E-state index contributed by atoms with van der Waals surface area (Å²) in [6.07, 6.45) is 29.9. The van der Waals surface area contributed by atoms with Crippen LogP contribution in [0.15, 0.2) is 24.3 Å². The van der Waals surface area contributed by atoms with E-state index < -0.39 is 51.1 Å². The lowest BCUT2D eigenvalue weighted by molar-refractivity contribution is -0.161. The van der Waals surface area contributed by atoms with Gasteiger partial charge in [0.05, 0.1) is 25.4 Å². The van der Waals surface area contributed by atoms with Crippen molar-refractivity contribution in [3.63, 3.8) is 0 Å². The highest BCUT2D eigenvalue weighted by atomic mass is 31.2. The third kappa shape index (κ3) is 28.1. The average molecular weight is 746 g/mol. The van der Waals surface area contributed by atoms with Gasteiger partial charge in [0.1, 0.15) is 12.6 Å². The molecule has 4 N–H and O–H groups in total. The molecule has 296 valence electrons. The SMILES string of the molecule is CCCC/C=C\CCCCCCCC(=O)O[C@H](COC(=O)CCCCCCCC1OC1C/C=C\CCCCC)COP(=O)(O)OC[C@H](N)C(=O)O. The van der Waals surface area contributed by atoms with Crippen LogP contribution in [0.2, 0.25) is 0 Å². The van der Waals surface area contributed by atoms with Gasteiger partial charge in [-0.05, 0) is 57.8 Å². The Labute approximate surface area is 306 Å². The molecular formula is C38H68NO11P. The third-order valence-corrected chi connectivity index (χ3v) is 9.55. The summed E-state index contributed by atoms with van der Waals surface area (Å²) in [5.41, 5.74) is 5.31. The van der Waals surface area contributed by atoms with Crippen molar-refractivity contribution in [2.24, 2.45) is 5.73 Å². The summed E-state index contributed by atoms with van der Waals surface area (Å²) in [5.74, 6) is -2.42. The predicted octanol–water partition coefficient (Wildman–Crippen LogP) is 8.49. The van der Waals surface area contributed by atoms with Gasteiger partial charge in [-0.15, -0.1) is 0 Å². The summed E-state index contributed by atoms with van der Waals surface area (Å²) < 4.78 is 38.3. The zero-order valence-electron chi connectivity index (χ0n) is 31.4. The Kier molecular flexibility index (Phi) is 28.0. The second-order valence-corrected chi connectivity index (χ2v) is 14.9. The van der Waals surface area contributed by atoms with Crippen molar-refractivity contribution < 1.29 is 52.2 Å². The van der Waals surface area contributed by atoms with Crippen LogP contribution in [0.5, 0.6) is 0 Å². The van der Waals surface area contributed by atoms with Crippen LogP contribution in [0, 0.1) is 0 Å². The number of esters is 2. The molecule has 0 bridgehead atoms. The molecule has 5 atom stereocenters. The molecule has 1 rings (SSSR count). The zero-order valence-corrected chi connectivity index (χ0v) is 32.3. The van der Waals surface area contributed by atoms with E-state index in [0.717, 1.165) is 83.5 Å². The predicted molar refractivity (Wildman–Crippen MR) is 198 cm³/mol. The summed E-state index contributed by atoms with van der Waals surface area (Å²) in [5, 5.41) is 8.86. The number of phosphoric acid groups is 1. The van der Waals surface area contributed by atoms with Crippen molar-refractivity contribution in [2.75, 3.05) is 19.8 Å². The quantitative estimate of drug-likeness (QED) is 0.0185. The molecule has 1 saturated heterocycles. The number of rotatable bonds is 35. The van der Waals surface area contributed by atoms with Crippen LogP contribution < -0.4 is 5.73 Å². The van der Waals surface area contributed by atoms with Crippen molar-refractivity contribution in [2.45, 2.75) is 179 Å². The topological polar surface area (TPSA) is 184 Å². The minimum Gasteiger partial charge on any atom is -0.480 e. The summed E-state index contributed by atoms with van der Waals surface area (Å²) in [7, 11) is -4.72. The number of nitrogens with two attached hydrogens (primary N) is 1. The molecule has 0 saturated carbocycles. The minimum absolute atomic E-state index is 0.145. The molecule has 1 fully saturated rings. The molecule has 0 amide bonds. The van der Waals surface area contributed by atoms with Crippen molar-refractivity contribution in [3.8, 4) is 0 Å². The summed E-state index contributed by atoms with van der Waals surface area (Å²) in [6, 6.07) is -1.53. The van der Waals surface area contributed by atoms with E-state index in [1.807, 2.05) is 0 Å². The van der Waals surface area contributed by atoms with Crippen molar-refractivity contribution in [1.29, 1.82) is 0 Å². The fourth-order valence-corrected chi connectivity index (χ4v) is 6.12. The maximum absolute atomic E-state index is 12.5. The Bertz CT molecular complexity index is 1040. The molecule has 51 heavy (non-hydrogen) atoms. The molecule has 1 aliphatic heterocycles. The first-order valence-electron chi connectivity index (χ1n) is 19.5. The zero-order chi connectivity index (χ0) is 37.6. The van der Waals surface area contributed by atoms with E-state index in [4.69, 9.17) is 29.6 Å². The second-order valence-electron chi connectivity index (χ2n) is 13.4. The molecular weight excluding hydrogens is 677 g/mol. The van der Waals surface area contributed by atoms with Gasteiger partial charge in [0.2, 0.25) is 0 Å². The lowest BCUT2D eigenvalue weighted by Crippen LogP contribution is -2.34. The Morgan fingerprint density at radius 2 is 1.25 bits per heavy atom. The lowest BCUT2D eigenvalue weighted by Gasteiger charge is -2.20. The van der Waals surface area contributed by atoms with E-state index in [0.29, 0.717) is 25.0 Å². The summed E-state index contributed by atoms with van der Waals surface area (Å²) in [4.78, 5) is 45.8. The number of carboxylic acid groups (broad SMARTS) is 1. The molecule has 1 heterocycles. The number of unbranched alkanes of at least 4 members (excludes halogenated alkanes) is 14. The summed E-state index contributed by atoms with van der Waals surface area (Å²) in [6.45, 7) is 2.68. The number of hydrogen-bond acceptors (Lipinski definition) is 10. The number of allylic oxidation sites excluding steroid dienone is 3. The molecule has 0 aromatic rings. The lowest BCUT2D eigenvalue weighted by atomic mass is 10.1. The van der Waals surface area contributed by atoms with Crippen molar-refractivity contribution in [1.82, 2.24) is 0 Å². The fraction of sp³-hybridized carbons (Fsp3) is 0.816. The minimum atomic E-state index is -4.72. The number of carbonyl (C=O) groups is 3. The van der Waals surface area contributed by atoms with Gasteiger partial charge in [-0.25, -0.2) is 4.57 Å². The van der Waals surface area contributed by atoms with E-state index in [1.165, 1.54) is 32.1 Å². The van der Waals surface area contributed by atoms with Crippen LogP contribution in [0.3, 0.4) is 0 Å². The first-order valence-corrected chi connectivity index (χ1v) is 21.0.